The number of nitro benzene ring substituents is 1. The van der Waals surface area contributed by atoms with Crippen LogP contribution in [0.1, 0.15) is 13.8 Å². The first-order chi connectivity index (χ1) is 7.29. The summed E-state index contributed by atoms with van der Waals surface area (Å²) in [5.74, 6) is 0. The van der Waals surface area contributed by atoms with Crippen LogP contribution in [0.5, 0.6) is 0 Å². The van der Waals surface area contributed by atoms with Crippen molar-refractivity contribution < 1.29 is 4.92 Å². The molecule has 0 unspecified atom stereocenters. The Morgan fingerprint density at radius 1 is 1.56 bits per heavy atom. The van der Waals surface area contributed by atoms with Gasteiger partial charge in [0.1, 0.15) is 5.69 Å². The Morgan fingerprint density at radius 2 is 2.19 bits per heavy atom. The van der Waals surface area contributed by atoms with Gasteiger partial charge >= 0.3 is 0 Å². The Bertz CT molecular complexity index is 402. The van der Waals surface area contributed by atoms with E-state index in [1.165, 1.54) is 6.07 Å². The van der Waals surface area contributed by atoms with Crippen LogP contribution in [0.2, 0.25) is 5.02 Å². The van der Waals surface area contributed by atoms with Gasteiger partial charge < -0.3 is 11.1 Å². The fraction of sp³-hybridized carbons (Fsp3) is 0.400. The highest BCUT2D eigenvalue weighted by atomic mass is 35.5. The van der Waals surface area contributed by atoms with E-state index in [2.05, 4.69) is 5.32 Å². The quantitative estimate of drug-likeness (QED) is 0.629. The maximum absolute atomic E-state index is 10.8. The van der Waals surface area contributed by atoms with Crippen molar-refractivity contribution in [2.75, 3.05) is 11.9 Å². The Morgan fingerprint density at radius 3 is 2.69 bits per heavy atom. The first kappa shape index (κ1) is 12.7. The van der Waals surface area contributed by atoms with Crippen LogP contribution in [0.4, 0.5) is 11.4 Å². The van der Waals surface area contributed by atoms with Crippen LogP contribution in [0.25, 0.3) is 0 Å². The van der Waals surface area contributed by atoms with Crippen LogP contribution < -0.4 is 11.1 Å². The second-order valence-corrected chi connectivity index (χ2v) is 4.70. The van der Waals surface area contributed by atoms with Gasteiger partial charge in [-0.3, -0.25) is 10.1 Å². The van der Waals surface area contributed by atoms with Crippen molar-refractivity contribution in [1.82, 2.24) is 0 Å². The number of nitro groups is 1. The third-order valence-corrected chi connectivity index (χ3v) is 2.13. The van der Waals surface area contributed by atoms with Crippen molar-refractivity contribution in [1.29, 1.82) is 0 Å². The van der Waals surface area contributed by atoms with Gasteiger partial charge in [-0.25, -0.2) is 0 Å². The number of hydrogen-bond acceptors (Lipinski definition) is 4. The fourth-order valence-corrected chi connectivity index (χ4v) is 1.29. The van der Waals surface area contributed by atoms with Gasteiger partial charge in [-0.2, -0.15) is 0 Å². The average molecular weight is 244 g/mol. The van der Waals surface area contributed by atoms with Gasteiger partial charge in [0.2, 0.25) is 0 Å². The van der Waals surface area contributed by atoms with Gasteiger partial charge in [0.15, 0.2) is 0 Å². The second-order valence-electron chi connectivity index (χ2n) is 4.26. The van der Waals surface area contributed by atoms with Crippen molar-refractivity contribution >= 4 is 23.0 Å². The average Bonchev–Trinajstić information content (AvgIpc) is 2.14. The number of nitrogens with one attached hydrogen (secondary N) is 1. The Hall–Kier alpha value is -1.33. The van der Waals surface area contributed by atoms with Crippen molar-refractivity contribution in [3.63, 3.8) is 0 Å². The molecule has 0 aliphatic rings. The number of benzene rings is 1. The summed E-state index contributed by atoms with van der Waals surface area (Å²) >= 11 is 5.69. The number of rotatable bonds is 4. The molecule has 0 heterocycles. The van der Waals surface area contributed by atoms with Gasteiger partial charge in [-0.05, 0) is 26.0 Å². The summed E-state index contributed by atoms with van der Waals surface area (Å²) < 4.78 is 0. The molecule has 0 bridgehead atoms. The lowest BCUT2D eigenvalue weighted by atomic mass is 10.1. The highest BCUT2D eigenvalue weighted by Gasteiger charge is 2.16. The van der Waals surface area contributed by atoms with E-state index in [4.69, 9.17) is 17.3 Å². The molecule has 16 heavy (non-hydrogen) atoms. The number of halogens is 1. The van der Waals surface area contributed by atoms with Crippen LogP contribution >= 0.6 is 11.6 Å². The lowest BCUT2D eigenvalue weighted by Gasteiger charge is -2.19. The van der Waals surface area contributed by atoms with Gasteiger partial charge in [0.05, 0.1) is 4.92 Å². The number of nitrogens with two attached hydrogens (primary N) is 1. The molecule has 0 amide bonds. The molecule has 0 spiro atoms. The van der Waals surface area contributed by atoms with Crippen LogP contribution in [0.15, 0.2) is 18.2 Å². The topological polar surface area (TPSA) is 81.2 Å². The van der Waals surface area contributed by atoms with Crippen LogP contribution in [0.3, 0.4) is 0 Å². The third-order valence-electron chi connectivity index (χ3n) is 1.89. The molecule has 0 aliphatic heterocycles. The van der Waals surface area contributed by atoms with Gasteiger partial charge in [-0.1, -0.05) is 11.6 Å². The molecule has 0 aliphatic carbocycles. The summed E-state index contributed by atoms with van der Waals surface area (Å²) in [5.41, 5.74) is 5.72. The zero-order chi connectivity index (χ0) is 12.3. The highest BCUT2D eigenvalue weighted by molar-refractivity contribution is 6.30. The molecule has 3 N–H and O–H groups in total. The summed E-state index contributed by atoms with van der Waals surface area (Å²) in [7, 11) is 0. The summed E-state index contributed by atoms with van der Waals surface area (Å²) in [6, 6.07) is 4.49. The normalized spacial score (nSPS) is 11.2. The van der Waals surface area contributed by atoms with Crippen LogP contribution in [-0.4, -0.2) is 17.0 Å². The first-order valence-corrected chi connectivity index (χ1v) is 5.14. The van der Waals surface area contributed by atoms with E-state index >= 15 is 0 Å². The van der Waals surface area contributed by atoms with Gasteiger partial charge in [0, 0.05) is 23.2 Å². The number of anilines is 1. The molecular weight excluding hydrogens is 230 g/mol. The molecule has 5 nitrogen and oxygen atoms in total. The molecule has 6 heteroatoms. The van der Waals surface area contributed by atoms with E-state index in [0.717, 1.165) is 0 Å². The minimum atomic E-state index is -0.474. The SMILES string of the molecule is CC(C)(N)CNc1ccc(Cl)cc1[N+](=O)[O-]. The molecular formula is C10H14ClN3O2. The van der Waals surface area contributed by atoms with E-state index in [1.54, 1.807) is 12.1 Å². The largest absolute Gasteiger partial charge is 0.378 e. The fourth-order valence-electron chi connectivity index (χ4n) is 1.13. The van der Waals surface area contributed by atoms with Crippen LogP contribution in [0, 0.1) is 10.1 Å². The molecule has 0 saturated heterocycles. The van der Waals surface area contributed by atoms with E-state index in [1.807, 2.05) is 13.8 Å². The standard InChI is InChI=1S/C10H14ClN3O2/c1-10(2,12)6-13-8-4-3-7(11)5-9(8)14(15)16/h3-5,13H,6,12H2,1-2H3. The Balaban J connectivity index is 2.91. The summed E-state index contributed by atoms with van der Waals surface area (Å²) in [4.78, 5) is 10.3. The summed E-state index contributed by atoms with van der Waals surface area (Å²) in [6.07, 6.45) is 0. The minimum Gasteiger partial charge on any atom is -0.378 e. The first-order valence-electron chi connectivity index (χ1n) is 4.76. The molecule has 0 atom stereocenters. The molecule has 0 radical (unpaired) electrons. The number of nitrogens with zero attached hydrogens (tertiary/aromatic N) is 1. The predicted molar refractivity (Wildman–Crippen MR) is 64.9 cm³/mol. The lowest BCUT2D eigenvalue weighted by molar-refractivity contribution is -0.383. The zero-order valence-corrected chi connectivity index (χ0v) is 9.91. The molecule has 1 aromatic carbocycles. The molecule has 1 aromatic rings. The zero-order valence-electron chi connectivity index (χ0n) is 9.16. The van der Waals surface area contributed by atoms with Gasteiger partial charge in [0.25, 0.3) is 5.69 Å². The molecule has 0 aromatic heterocycles. The minimum absolute atomic E-state index is 0.0447. The third kappa shape index (κ3) is 3.67. The Kier molecular flexibility index (Phi) is 3.72. The molecule has 0 saturated carbocycles. The van der Waals surface area contributed by atoms with E-state index in [9.17, 15) is 10.1 Å². The second kappa shape index (κ2) is 4.67. The van der Waals surface area contributed by atoms with Crippen molar-refractivity contribution in [3.8, 4) is 0 Å². The van der Waals surface area contributed by atoms with E-state index in [0.29, 0.717) is 17.3 Å². The maximum Gasteiger partial charge on any atom is 0.293 e. The van der Waals surface area contributed by atoms with E-state index < -0.39 is 10.5 Å². The van der Waals surface area contributed by atoms with Crippen LogP contribution in [-0.2, 0) is 0 Å². The summed E-state index contributed by atoms with van der Waals surface area (Å²) in [6.45, 7) is 4.11. The van der Waals surface area contributed by atoms with Gasteiger partial charge in [-0.15, -0.1) is 0 Å². The molecule has 88 valence electrons. The van der Waals surface area contributed by atoms with Crippen molar-refractivity contribution in [3.05, 3.63) is 33.3 Å². The lowest BCUT2D eigenvalue weighted by Crippen LogP contribution is -2.39. The Labute approximate surface area is 98.7 Å². The maximum atomic E-state index is 10.8. The molecule has 1 rings (SSSR count). The monoisotopic (exact) mass is 243 g/mol. The van der Waals surface area contributed by atoms with Crippen molar-refractivity contribution in [2.24, 2.45) is 5.73 Å². The highest BCUT2D eigenvalue weighted by Crippen LogP contribution is 2.27. The number of hydrogen-bond donors (Lipinski definition) is 2. The van der Waals surface area contributed by atoms with Crippen molar-refractivity contribution in [2.45, 2.75) is 19.4 Å². The summed E-state index contributed by atoms with van der Waals surface area (Å²) in [5, 5.41) is 14.0. The smallest absolute Gasteiger partial charge is 0.293 e. The molecule has 0 fully saturated rings. The predicted octanol–water partition coefficient (Wildman–Crippen LogP) is 2.40. The van der Waals surface area contributed by atoms with E-state index in [-0.39, 0.29) is 5.69 Å².